The predicted octanol–water partition coefficient (Wildman–Crippen LogP) is 3.51. The van der Waals surface area contributed by atoms with Gasteiger partial charge in [0.25, 0.3) is 0 Å². The van der Waals surface area contributed by atoms with Crippen molar-refractivity contribution in [1.29, 1.82) is 0 Å². The molecule has 1 amide bonds. The van der Waals surface area contributed by atoms with Gasteiger partial charge in [0.1, 0.15) is 5.82 Å². The van der Waals surface area contributed by atoms with Crippen LogP contribution in [0.15, 0.2) is 54.9 Å². The predicted molar refractivity (Wildman–Crippen MR) is 97.3 cm³/mol. The molecule has 0 aliphatic rings. The quantitative estimate of drug-likeness (QED) is 0.686. The number of benzene rings is 1. The van der Waals surface area contributed by atoms with E-state index in [0.29, 0.717) is 17.5 Å². The monoisotopic (exact) mass is 356 g/mol. The third-order valence-corrected chi connectivity index (χ3v) is 3.72. The number of carbonyl (C=O) groups excluding carboxylic acids is 1. The lowest BCUT2D eigenvalue weighted by atomic mass is 10.2. The van der Waals surface area contributed by atoms with E-state index in [-0.39, 0.29) is 18.2 Å². The minimum atomic E-state index is -0.174. The maximum Gasteiger partial charge on any atom is 0.226 e. The number of anilines is 1. The van der Waals surface area contributed by atoms with Gasteiger partial charge in [-0.3, -0.25) is 9.36 Å². The molecule has 0 saturated heterocycles. The van der Waals surface area contributed by atoms with Crippen LogP contribution in [0.4, 0.5) is 5.82 Å². The lowest BCUT2D eigenvalue weighted by Crippen LogP contribution is -2.11. The van der Waals surface area contributed by atoms with Crippen LogP contribution < -0.4 is 10.1 Å². The van der Waals surface area contributed by atoms with Crippen molar-refractivity contribution in [2.45, 2.75) is 6.42 Å². The van der Waals surface area contributed by atoms with Gasteiger partial charge >= 0.3 is 0 Å². The van der Waals surface area contributed by atoms with Gasteiger partial charge < -0.3 is 10.1 Å². The van der Waals surface area contributed by atoms with Crippen LogP contribution in [0.2, 0.25) is 0 Å². The second-order valence-electron chi connectivity index (χ2n) is 5.23. The van der Waals surface area contributed by atoms with Gasteiger partial charge in [0.2, 0.25) is 11.8 Å². The van der Waals surface area contributed by atoms with E-state index in [1.807, 2.05) is 41.0 Å². The SMILES string of the molecule is COc1ccc(-c2nc(NC(=O)CCCl)cn2-c2ccccc2)cn1. The Morgan fingerprint density at radius 2 is 2.04 bits per heavy atom. The molecule has 0 aliphatic heterocycles. The van der Waals surface area contributed by atoms with Crippen molar-refractivity contribution in [1.82, 2.24) is 14.5 Å². The molecule has 6 nitrogen and oxygen atoms in total. The normalized spacial score (nSPS) is 10.5. The third-order valence-electron chi connectivity index (χ3n) is 3.53. The number of rotatable bonds is 6. The molecule has 3 rings (SSSR count). The number of imidazole rings is 1. The summed E-state index contributed by atoms with van der Waals surface area (Å²) in [6.45, 7) is 0. The second-order valence-corrected chi connectivity index (χ2v) is 5.61. The number of para-hydroxylation sites is 1. The molecular weight excluding hydrogens is 340 g/mol. The van der Waals surface area contributed by atoms with E-state index in [0.717, 1.165) is 11.3 Å². The number of methoxy groups -OCH3 is 1. The van der Waals surface area contributed by atoms with Gasteiger partial charge in [-0.25, -0.2) is 9.97 Å². The fraction of sp³-hybridized carbons (Fsp3) is 0.167. The van der Waals surface area contributed by atoms with Crippen molar-refractivity contribution in [3.05, 3.63) is 54.9 Å². The zero-order chi connectivity index (χ0) is 17.6. The van der Waals surface area contributed by atoms with E-state index in [1.165, 1.54) is 0 Å². The Labute approximate surface area is 150 Å². The van der Waals surface area contributed by atoms with Crippen molar-refractivity contribution in [2.75, 3.05) is 18.3 Å². The van der Waals surface area contributed by atoms with E-state index < -0.39 is 0 Å². The summed E-state index contributed by atoms with van der Waals surface area (Å²) in [5, 5.41) is 2.77. The Balaban J connectivity index is 2.01. The summed E-state index contributed by atoms with van der Waals surface area (Å²) in [6, 6.07) is 13.4. The average molecular weight is 357 g/mol. The number of nitrogens with zero attached hydrogens (tertiary/aromatic N) is 3. The minimum absolute atomic E-state index is 0.174. The highest BCUT2D eigenvalue weighted by Crippen LogP contribution is 2.25. The van der Waals surface area contributed by atoms with Gasteiger partial charge in [-0.05, 0) is 18.2 Å². The van der Waals surface area contributed by atoms with E-state index >= 15 is 0 Å². The highest BCUT2D eigenvalue weighted by atomic mass is 35.5. The van der Waals surface area contributed by atoms with Gasteiger partial charge in [-0.1, -0.05) is 18.2 Å². The summed E-state index contributed by atoms with van der Waals surface area (Å²) >= 11 is 5.61. The first-order valence-corrected chi connectivity index (χ1v) is 8.25. The van der Waals surface area contributed by atoms with E-state index in [2.05, 4.69) is 15.3 Å². The molecule has 0 fully saturated rings. The van der Waals surface area contributed by atoms with Crippen LogP contribution in [0, 0.1) is 0 Å². The summed E-state index contributed by atoms with van der Waals surface area (Å²) in [6.07, 6.45) is 3.70. The maximum atomic E-state index is 11.8. The molecule has 0 unspecified atom stereocenters. The van der Waals surface area contributed by atoms with Crippen molar-refractivity contribution >= 4 is 23.3 Å². The number of aromatic nitrogens is 3. The highest BCUT2D eigenvalue weighted by molar-refractivity contribution is 6.19. The number of nitrogens with one attached hydrogen (secondary N) is 1. The molecule has 2 heterocycles. The molecule has 2 aromatic heterocycles. The minimum Gasteiger partial charge on any atom is -0.481 e. The summed E-state index contributed by atoms with van der Waals surface area (Å²) < 4.78 is 7.00. The molecule has 0 radical (unpaired) electrons. The number of hydrogen-bond donors (Lipinski definition) is 1. The first-order valence-electron chi connectivity index (χ1n) is 7.72. The van der Waals surface area contributed by atoms with Crippen LogP contribution in [-0.2, 0) is 4.79 Å². The summed E-state index contributed by atoms with van der Waals surface area (Å²) in [5.41, 5.74) is 1.74. The fourth-order valence-electron chi connectivity index (χ4n) is 2.35. The second kappa shape index (κ2) is 7.81. The third kappa shape index (κ3) is 3.97. The van der Waals surface area contributed by atoms with Crippen LogP contribution in [-0.4, -0.2) is 33.4 Å². The molecule has 0 aliphatic carbocycles. The molecule has 3 aromatic rings. The number of pyridine rings is 1. The topological polar surface area (TPSA) is 69.0 Å². The smallest absolute Gasteiger partial charge is 0.226 e. The number of ether oxygens (including phenoxy) is 1. The van der Waals surface area contributed by atoms with Gasteiger partial charge in [-0.15, -0.1) is 11.6 Å². The van der Waals surface area contributed by atoms with Crippen LogP contribution >= 0.6 is 11.6 Å². The highest BCUT2D eigenvalue weighted by Gasteiger charge is 2.14. The molecule has 0 saturated carbocycles. The van der Waals surface area contributed by atoms with Gasteiger partial charge in [0.05, 0.1) is 13.3 Å². The Kier molecular flexibility index (Phi) is 5.30. The molecular formula is C18H17ClN4O2. The van der Waals surface area contributed by atoms with Crippen molar-refractivity contribution in [3.63, 3.8) is 0 Å². The Bertz CT molecular complexity index is 847. The van der Waals surface area contributed by atoms with E-state index in [9.17, 15) is 4.79 Å². The lowest BCUT2D eigenvalue weighted by Gasteiger charge is -2.07. The van der Waals surface area contributed by atoms with Gasteiger partial charge in [0.15, 0.2) is 5.82 Å². The standard InChI is InChI=1S/C18H17ClN4O2/c1-25-17-8-7-13(11-20-17)18-22-15(21-16(24)9-10-19)12-23(18)14-5-3-2-4-6-14/h2-8,11-12H,9-10H2,1H3,(H,21,24). The first-order chi connectivity index (χ1) is 12.2. The van der Waals surface area contributed by atoms with Gasteiger partial charge in [0, 0.05) is 35.8 Å². The molecule has 0 atom stereocenters. The summed E-state index contributed by atoms with van der Waals surface area (Å²) in [4.78, 5) is 20.6. The Hall–Kier alpha value is -2.86. The molecule has 25 heavy (non-hydrogen) atoms. The largest absolute Gasteiger partial charge is 0.481 e. The van der Waals surface area contributed by atoms with Crippen molar-refractivity contribution in [3.8, 4) is 23.0 Å². The number of hydrogen-bond acceptors (Lipinski definition) is 4. The van der Waals surface area contributed by atoms with Gasteiger partial charge in [-0.2, -0.15) is 0 Å². The average Bonchev–Trinajstić information content (AvgIpc) is 3.06. The molecule has 0 bridgehead atoms. The molecule has 7 heteroatoms. The Morgan fingerprint density at radius 3 is 2.68 bits per heavy atom. The van der Waals surface area contributed by atoms with Crippen LogP contribution in [0.25, 0.3) is 17.1 Å². The van der Waals surface area contributed by atoms with E-state index in [1.54, 1.807) is 25.6 Å². The van der Waals surface area contributed by atoms with Crippen LogP contribution in [0.5, 0.6) is 5.88 Å². The van der Waals surface area contributed by atoms with E-state index in [4.69, 9.17) is 16.3 Å². The molecule has 0 spiro atoms. The van der Waals surface area contributed by atoms with Crippen molar-refractivity contribution < 1.29 is 9.53 Å². The molecule has 128 valence electrons. The summed E-state index contributed by atoms with van der Waals surface area (Å²) in [5.74, 6) is 1.75. The lowest BCUT2D eigenvalue weighted by molar-refractivity contribution is -0.115. The van der Waals surface area contributed by atoms with Crippen LogP contribution in [0.3, 0.4) is 0 Å². The summed E-state index contributed by atoms with van der Waals surface area (Å²) in [7, 11) is 1.57. The number of alkyl halides is 1. The van der Waals surface area contributed by atoms with Crippen LogP contribution in [0.1, 0.15) is 6.42 Å². The van der Waals surface area contributed by atoms with Crippen molar-refractivity contribution in [2.24, 2.45) is 0 Å². The zero-order valence-corrected chi connectivity index (χ0v) is 14.4. The number of halogens is 1. The zero-order valence-electron chi connectivity index (χ0n) is 13.6. The fourth-order valence-corrected chi connectivity index (χ4v) is 2.53. The maximum absolute atomic E-state index is 11.8. The molecule has 1 N–H and O–H groups in total. The number of amides is 1. The first kappa shape index (κ1) is 17.0. The Morgan fingerprint density at radius 1 is 1.24 bits per heavy atom. The molecule has 1 aromatic carbocycles. The number of carbonyl (C=O) groups is 1.